The van der Waals surface area contributed by atoms with Gasteiger partial charge in [0.25, 0.3) is 0 Å². The molecular weight excluding hydrogens is 608 g/mol. The quantitative estimate of drug-likeness (QED) is 0.0962. The standard InChI is InChI=1S/C21H33ClF3IN2O3SSi/c1-10-13(28-32(29)19(2,3)4)12-30-16-14(26)11-15(27-18(16)22)17(21(23,24)25)31-33(8,9)20(5,6)7/h11,17H,10,12H2,1-9H3. The maximum atomic E-state index is 13.9. The van der Waals surface area contributed by atoms with E-state index in [9.17, 15) is 17.7 Å². The molecule has 12 heteroatoms. The first-order valence-corrected chi connectivity index (χ1v) is 15.9. The minimum Gasteiger partial charge on any atom is -0.591 e. The van der Waals surface area contributed by atoms with Crippen LogP contribution < -0.4 is 4.74 Å². The fourth-order valence-electron chi connectivity index (χ4n) is 2.12. The van der Waals surface area contributed by atoms with Crippen LogP contribution in [-0.4, -0.2) is 41.1 Å². The van der Waals surface area contributed by atoms with E-state index in [2.05, 4.69) is 9.38 Å². The normalized spacial score (nSPS) is 16.0. The van der Waals surface area contributed by atoms with Crippen molar-refractivity contribution in [2.24, 2.45) is 4.40 Å². The van der Waals surface area contributed by atoms with Crippen molar-refractivity contribution in [1.29, 1.82) is 0 Å². The van der Waals surface area contributed by atoms with Crippen molar-refractivity contribution in [3.05, 3.63) is 20.5 Å². The minimum atomic E-state index is -4.66. The molecule has 0 saturated carbocycles. The zero-order valence-electron chi connectivity index (χ0n) is 20.5. The number of hydrogen-bond donors (Lipinski definition) is 0. The summed E-state index contributed by atoms with van der Waals surface area (Å²) >= 11 is 6.65. The number of nitrogens with zero attached hydrogens (tertiary/aromatic N) is 2. The highest BCUT2D eigenvalue weighted by Gasteiger charge is 2.49. The predicted molar refractivity (Wildman–Crippen MR) is 140 cm³/mol. The maximum absolute atomic E-state index is 13.9. The minimum absolute atomic E-state index is 0.00175. The SMILES string of the molecule is CCC(COc1c(I)cc(C(O[Si](C)(C)C(C)(C)C)C(F)(F)F)nc1Cl)=N[S+]([O-])C(C)(C)C. The van der Waals surface area contributed by atoms with E-state index in [1.165, 1.54) is 6.07 Å². The zero-order chi connectivity index (χ0) is 26.0. The Kier molecular flexibility index (Phi) is 10.6. The fourth-order valence-corrected chi connectivity index (χ4v) is 5.15. The van der Waals surface area contributed by atoms with Gasteiger partial charge in [-0.05, 0) is 74.0 Å². The molecule has 0 aliphatic carbocycles. The van der Waals surface area contributed by atoms with Crippen LogP contribution in [0.25, 0.3) is 0 Å². The molecule has 0 aliphatic heterocycles. The number of alkyl halides is 3. The molecule has 2 unspecified atom stereocenters. The van der Waals surface area contributed by atoms with E-state index in [4.69, 9.17) is 20.8 Å². The molecule has 0 spiro atoms. The third kappa shape index (κ3) is 8.82. The Morgan fingerprint density at radius 3 is 2.18 bits per heavy atom. The lowest BCUT2D eigenvalue weighted by atomic mass is 10.2. The summed E-state index contributed by atoms with van der Waals surface area (Å²) in [6, 6.07) is 1.28. The lowest BCUT2D eigenvalue weighted by Crippen LogP contribution is -2.44. The molecule has 0 N–H and O–H groups in total. The molecule has 190 valence electrons. The van der Waals surface area contributed by atoms with E-state index in [0.29, 0.717) is 15.7 Å². The van der Waals surface area contributed by atoms with Gasteiger partial charge in [0.15, 0.2) is 25.3 Å². The van der Waals surface area contributed by atoms with Crippen molar-refractivity contribution in [2.75, 3.05) is 6.61 Å². The fraction of sp³-hybridized carbons (Fsp3) is 0.714. The van der Waals surface area contributed by atoms with Crippen LogP contribution in [0.4, 0.5) is 13.2 Å². The Balaban J connectivity index is 3.24. The van der Waals surface area contributed by atoms with Crippen molar-refractivity contribution in [2.45, 2.75) is 90.0 Å². The lowest BCUT2D eigenvalue weighted by molar-refractivity contribution is -0.202. The van der Waals surface area contributed by atoms with Gasteiger partial charge in [-0.1, -0.05) is 43.7 Å². The molecule has 1 aromatic rings. The van der Waals surface area contributed by atoms with Crippen LogP contribution in [0.1, 0.15) is 66.7 Å². The summed E-state index contributed by atoms with van der Waals surface area (Å²) in [6.45, 7) is 16.4. The summed E-state index contributed by atoms with van der Waals surface area (Å²) in [5.74, 6) is 0.150. The van der Waals surface area contributed by atoms with E-state index in [1.807, 2.05) is 71.1 Å². The summed E-state index contributed by atoms with van der Waals surface area (Å²) < 4.78 is 69.6. The molecule has 1 aromatic heterocycles. The number of pyridine rings is 1. The molecule has 0 bridgehead atoms. The average Bonchev–Trinajstić information content (AvgIpc) is 2.61. The zero-order valence-corrected chi connectivity index (χ0v) is 25.2. The highest BCUT2D eigenvalue weighted by molar-refractivity contribution is 14.1. The predicted octanol–water partition coefficient (Wildman–Crippen LogP) is 7.66. The van der Waals surface area contributed by atoms with Crippen LogP contribution in [0.15, 0.2) is 10.5 Å². The first-order chi connectivity index (χ1) is 14.7. The topological polar surface area (TPSA) is 66.8 Å². The van der Waals surface area contributed by atoms with E-state index < -0.39 is 41.7 Å². The van der Waals surface area contributed by atoms with Gasteiger partial charge in [-0.15, -0.1) is 0 Å². The Hall–Kier alpha value is -0.0831. The van der Waals surface area contributed by atoms with Crippen LogP contribution in [0.2, 0.25) is 23.3 Å². The largest absolute Gasteiger partial charge is 0.591 e. The molecule has 0 amide bonds. The van der Waals surface area contributed by atoms with Crippen molar-refractivity contribution in [3.63, 3.8) is 0 Å². The smallest absolute Gasteiger partial charge is 0.419 e. The summed E-state index contributed by atoms with van der Waals surface area (Å²) in [4.78, 5) is 3.98. The average molecular weight is 641 g/mol. The molecule has 33 heavy (non-hydrogen) atoms. The van der Waals surface area contributed by atoms with Gasteiger partial charge >= 0.3 is 6.18 Å². The van der Waals surface area contributed by atoms with Gasteiger partial charge in [0, 0.05) is 0 Å². The first kappa shape index (κ1) is 30.9. The lowest BCUT2D eigenvalue weighted by Gasteiger charge is -2.39. The number of aromatic nitrogens is 1. The van der Waals surface area contributed by atoms with Crippen LogP contribution in [0, 0.1) is 3.57 Å². The molecule has 2 atom stereocenters. The molecule has 0 saturated heterocycles. The van der Waals surface area contributed by atoms with E-state index in [-0.39, 0.29) is 23.2 Å². The van der Waals surface area contributed by atoms with Crippen molar-refractivity contribution in [1.82, 2.24) is 4.98 Å². The van der Waals surface area contributed by atoms with Crippen LogP contribution >= 0.6 is 34.2 Å². The molecule has 0 aliphatic rings. The molecular formula is C21H33ClF3IN2O3SSi. The second-order valence-electron chi connectivity index (χ2n) is 10.1. The summed E-state index contributed by atoms with van der Waals surface area (Å²) in [7, 11) is -2.76. The highest BCUT2D eigenvalue weighted by atomic mass is 127. The van der Waals surface area contributed by atoms with Crippen molar-refractivity contribution < 1.29 is 26.9 Å². The highest BCUT2D eigenvalue weighted by Crippen LogP contribution is 2.45. The van der Waals surface area contributed by atoms with Crippen LogP contribution in [-0.2, 0) is 15.8 Å². The third-order valence-electron chi connectivity index (χ3n) is 5.22. The van der Waals surface area contributed by atoms with Gasteiger partial charge in [-0.2, -0.15) is 13.2 Å². The molecule has 0 aromatic carbocycles. The Morgan fingerprint density at radius 1 is 1.24 bits per heavy atom. The Labute approximate surface area is 217 Å². The Bertz CT molecular complexity index is 836. The van der Waals surface area contributed by atoms with Gasteiger partial charge in [0.05, 0.1) is 9.26 Å². The summed E-state index contributed by atoms with van der Waals surface area (Å²) in [5, 5.41) is -0.614. The molecule has 5 nitrogen and oxygen atoms in total. The van der Waals surface area contributed by atoms with E-state index >= 15 is 0 Å². The molecule has 1 rings (SSSR count). The maximum Gasteiger partial charge on any atom is 0.419 e. The monoisotopic (exact) mass is 640 g/mol. The number of ether oxygens (including phenoxy) is 1. The number of rotatable bonds is 8. The molecule has 1 heterocycles. The number of hydrogen-bond acceptors (Lipinski definition) is 5. The Morgan fingerprint density at radius 2 is 1.79 bits per heavy atom. The van der Waals surface area contributed by atoms with Crippen LogP contribution in [0.3, 0.4) is 0 Å². The van der Waals surface area contributed by atoms with Crippen LogP contribution in [0.5, 0.6) is 5.75 Å². The molecule has 0 radical (unpaired) electrons. The number of halogens is 5. The van der Waals surface area contributed by atoms with Gasteiger partial charge in [0.2, 0.25) is 0 Å². The van der Waals surface area contributed by atoms with Gasteiger partial charge in [-0.3, -0.25) is 0 Å². The van der Waals surface area contributed by atoms with Crippen molar-refractivity contribution >= 4 is 59.6 Å². The third-order valence-corrected chi connectivity index (χ3v) is 12.2. The summed E-state index contributed by atoms with van der Waals surface area (Å²) in [6.07, 6.45) is -6.35. The second kappa shape index (κ2) is 11.3. The summed E-state index contributed by atoms with van der Waals surface area (Å²) in [5.41, 5.74) is 0.237. The van der Waals surface area contributed by atoms with Gasteiger partial charge < -0.3 is 13.7 Å². The van der Waals surface area contributed by atoms with E-state index in [0.717, 1.165) is 0 Å². The molecule has 0 fully saturated rings. The van der Waals surface area contributed by atoms with Crippen molar-refractivity contribution in [3.8, 4) is 5.75 Å². The van der Waals surface area contributed by atoms with Gasteiger partial charge in [0.1, 0.15) is 28.4 Å². The first-order valence-electron chi connectivity index (χ1n) is 10.4. The second-order valence-corrected chi connectivity index (χ2v) is 18.3. The van der Waals surface area contributed by atoms with E-state index in [1.54, 1.807) is 13.1 Å². The van der Waals surface area contributed by atoms with Gasteiger partial charge in [-0.25, -0.2) is 4.98 Å².